The minimum atomic E-state index is -0.122. The SMILES string of the molecule is CCN(CC(C)C(=O)OCc1ccccc1)C(C)C. The minimum absolute atomic E-state index is 0.0916. The molecule has 1 rings (SSSR count). The van der Waals surface area contributed by atoms with Crippen molar-refractivity contribution < 1.29 is 9.53 Å². The van der Waals surface area contributed by atoms with Crippen molar-refractivity contribution in [3.63, 3.8) is 0 Å². The third-order valence-corrected chi connectivity index (χ3v) is 3.27. The molecule has 1 aromatic carbocycles. The highest BCUT2D eigenvalue weighted by atomic mass is 16.5. The molecule has 3 nitrogen and oxygen atoms in total. The molecule has 0 saturated heterocycles. The molecule has 1 atom stereocenters. The molecule has 0 heterocycles. The number of carbonyl (C=O) groups is 1. The number of esters is 1. The Labute approximate surface area is 116 Å². The number of benzene rings is 1. The predicted molar refractivity (Wildman–Crippen MR) is 77.8 cm³/mol. The molecule has 0 saturated carbocycles. The first-order chi connectivity index (χ1) is 9.04. The maximum atomic E-state index is 11.9. The molecule has 0 spiro atoms. The summed E-state index contributed by atoms with van der Waals surface area (Å²) in [6, 6.07) is 10.2. The number of carbonyl (C=O) groups excluding carboxylic acids is 1. The van der Waals surface area contributed by atoms with Crippen LogP contribution in [0.1, 0.15) is 33.3 Å². The molecule has 0 fully saturated rings. The van der Waals surface area contributed by atoms with Crippen LogP contribution in [0, 0.1) is 5.92 Å². The molecule has 0 N–H and O–H groups in total. The molecule has 0 bridgehead atoms. The summed E-state index contributed by atoms with van der Waals surface area (Å²) in [6.45, 7) is 10.4. The number of rotatable bonds is 7. The van der Waals surface area contributed by atoms with E-state index >= 15 is 0 Å². The third-order valence-electron chi connectivity index (χ3n) is 3.27. The van der Waals surface area contributed by atoms with Gasteiger partial charge in [-0.15, -0.1) is 0 Å². The monoisotopic (exact) mass is 263 g/mol. The maximum absolute atomic E-state index is 11.9. The Bertz CT molecular complexity index is 376. The van der Waals surface area contributed by atoms with Crippen LogP contribution in [0.5, 0.6) is 0 Å². The van der Waals surface area contributed by atoms with Gasteiger partial charge in [-0.3, -0.25) is 4.79 Å². The van der Waals surface area contributed by atoms with Crippen LogP contribution in [-0.4, -0.2) is 30.0 Å². The summed E-state index contributed by atoms with van der Waals surface area (Å²) < 4.78 is 5.35. The molecule has 1 unspecified atom stereocenters. The zero-order valence-corrected chi connectivity index (χ0v) is 12.4. The average Bonchev–Trinajstić information content (AvgIpc) is 2.42. The zero-order valence-electron chi connectivity index (χ0n) is 12.4. The van der Waals surface area contributed by atoms with Crippen molar-refractivity contribution in [3.8, 4) is 0 Å². The normalized spacial score (nSPS) is 12.7. The van der Waals surface area contributed by atoms with Crippen LogP contribution < -0.4 is 0 Å². The van der Waals surface area contributed by atoms with E-state index in [0.29, 0.717) is 12.6 Å². The van der Waals surface area contributed by atoms with Crippen molar-refractivity contribution in [2.45, 2.75) is 40.3 Å². The second-order valence-electron chi connectivity index (χ2n) is 5.18. The van der Waals surface area contributed by atoms with Gasteiger partial charge >= 0.3 is 5.97 Å². The highest BCUT2D eigenvalue weighted by Crippen LogP contribution is 2.08. The molecule has 0 aliphatic heterocycles. The molecule has 0 radical (unpaired) electrons. The second kappa shape index (κ2) is 7.95. The van der Waals surface area contributed by atoms with Gasteiger partial charge in [-0.1, -0.05) is 44.2 Å². The van der Waals surface area contributed by atoms with E-state index in [1.54, 1.807) is 0 Å². The lowest BCUT2D eigenvalue weighted by atomic mass is 10.1. The van der Waals surface area contributed by atoms with E-state index in [0.717, 1.165) is 18.7 Å². The van der Waals surface area contributed by atoms with Gasteiger partial charge in [-0.05, 0) is 26.0 Å². The Morgan fingerprint density at radius 2 is 1.84 bits per heavy atom. The van der Waals surface area contributed by atoms with Crippen LogP contribution in [0.3, 0.4) is 0 Å². The molecular weight excluding hydrogens is 238 g/mol. The fraction of sp³-hybridized carbons (Fsp3) is 0.562. The standard InChI is InChI=1S/C16H25NO2/c1-5-17(13(2)3)11-14(4)16(18)19-12-15-9-7-6-8-10-15/h6-10,13-14H,5,11-12H2,1-4H3. The van der Waals surface area contributed by atoms with Crippen molar-refractivity contribution in [1.82, 2.24) is 4.90 Å². The van der Waals surface area contributed by atoms with Gasteiger partial charge in [0.15, 0.2) is 0 Å². The van der Waals surface area contributed by atoms with Crippen molar-refractivity contribution >= 4 is 5.97 Å². The van der Waals surface area contributed by atoms with Crippen LogP contribution in [0.15, 0.2) is 30.3 Å². The van der Waals surface area contributed by atoms with Crippen LogP contribution >= 0.6 is 0 Å². The van der Waals surface area contributed by atoms with Crippen LogP contribution in [0.2, 0.25) is 0 Å². The van der Waals surface area contributed by atoms with E-state index < -0.39 is 0 Å². The molecule has 3 heteroatoms. The fourth-order valence-corrected chi connectivity index (χ4v) is 2.00. The number of hydrogen-bond donors (Lipinski definition) is 0. The van der Waals surface area contributed by atoms with Crippen molar-refractivity contribution in [2.24, 2.45) is 5.92 Å². The van der Waals surface area contributed by atoms with Gasteiger partial charge in [-0.25, -0.2) is 0 Å². The largest absolute Gasteiger partial charge is 0.461 e. The van der Waals surface area contributed by atoms with Crippen LogP contribution in [0.25, 0.3) is 0 Å². The van der Waals surface area contributed by atoms with Gasteiger partial charge < -0.3 is 9.64 Å². The van der Waals surface area contributed by atoms with Gasteiger partial charge in [0.1, 0.15) is 6.61 Å². The topological polar surface area (TPSA) is 29.5 Å². The van der Waals surface area contributed by atoms with Crippen LogP contribution in [-0.2, 0) is 16.1 Å². The highest BCUT2D eigenvalue weighted by Gasteiger charge is 2.19. The Hall–Kier alpha value is -1.35. The van der Waals surface area contributed by atoms with E-state index in [-0.39, 0.29) is 11.9 Å². The average molecular weight is 263 g/mol. The smallest absolute Gasteiger partial charge is 0.310 e. The first-order valence-corrected chi connectivity index (χ1v) is 6.99. The molecule has 0 aliphatic carbocycles. The second-order valence-corrected chi connectivity index (χ2v) is 5.18. The third kappa shape index (κ3) is 5.43. The zero-order chi connectivity index (χ0) is 14.3. The highest BCUT2D eigenvalue weighted by molar-refractivity contribution is 5.72. The summed E-state index contributed by atoms with van der Waals surface area (Å²) in [5, 5.41) is 0. The van der Waals surface area contributed by atoms with Gasteiger partial charge in [0, 0.05) is 12.6 Å². The first kappa shape index (κ1) is 15.7. The minimum Gasteiger partial charge on any atom is -0.461 e. The van der Waals surface area contributed by atoms with E-state index in [9.17, 15) is 4.79 Å². The summed E-state index contributed by atoms with van der Waals surface area (Å²) in [5.41, 5.74) is 1.03. The molecule has 1 aromatic rings. The molecule has 106 valence electrons. The summed E-state index contributed by atoms with van der Waals surface area (Å²) in [7, 11) is 0. The van der Waals surface area contributed by atoms with E-state index in [2.05, 4.69) is 25.7 Å². The van der Waals surface area contributed by atoms with E-state index in [4.69, 9.17) is 4.74 Å². The van der Waals surface area contributed by atoms with Gasteiger partial charge in [-0.2, -0.15) is 0 Å². The summed E-state index contributed by atoms with van der Waals surface area (Å²) in [6.07, 6.45) is 0. The molecule has 0 aliphatic rings. The van der Waals surface area contributed by atoms with Crippen LogP contribution in [0.4, 0.5) is 0 Å². The summed E-state index contributed by atoms with van der Waals surface area (Å²) in [4.78, 5) is 14.2. The maximum Gasteiger partial charge on any atom is 0.310 e. The van der Waals surface area contributed by atoms with Gasteiger partial charge in [0.25, 0.3) is 0 Å². The van der Waals surface area contributed by atoms with Crippen molar-refractivity contribution in [1.29, 1.82) is 0 Å². The lowest BCUT2D eigenvalue weighted by Crippen LogP contribution is -2.37. The number of hydrogen-bond acceptors (Lipinski definition) is 3. The predicted octanol–water partition coefficient (Wildman–Crippen LogP) is 3.10. The molecular formula is C16H25NO2. The van der Waals surface area contributed by atoms with Gasteiger partial charge in [0.05, 0.1) is 5.92 Å². The van der Waals surface area contributed by atoms with Crippen molar-refractivity contribution in [2.75, 3.05) is 13.1 Å². The Morgan fingerprint density at radius 1 is 1.21 bits per heavy atom. The molecule has 0 aromatic heterocycles. The van der Waals surface area contributed by atoms with Gasteiger partial charge in [0.2, 0.25) is 0 Å². The molecule has 0 amide bonds. The van der Waals surface area contributed by atoms with E-state index in [1.807, 2.05) is 37.3 Å². The summed E-state index contributed by atoms with van der Waals surface area (Å²) in [5.74, 6) is -0.214. The lowest BCUT2D eigenvalue weighted by Gasteiger charge is -2.27. The lowest BCUT2D eigenvalue weighted by molar-refractivity contribution is -0.150. The molecule has 19 heavy (non-hydrogen) atoms. The Kier molecular flexibility index (Phi) is 6.57. The quantitative estimate of drug-likeness (QED) is 0.708. The number of ether oxygens (including phenoxy) is 1. The van der Waals surface area contributed by atoms with E-state index in [1.165, 1.54) is 0 Å². The number of nitrogens with zero attached hydrogens (tertiary/aromatic N) is 1. The Balaban J connectivity index is 2.40. The first-order valence-electron chi connectivity index (χ1n) is 6.99. The summed E-state index contributed by atoms with van der Waals surface area (Å²) >= 11 is 0. The Morgan fingerprint density at radius 3 is 2.37 bits per heavy atom. The van der Waals surface area contributed by atoms with Crippen molar-refractivity contribution in [3.05, 3.63) is 35.9 Å². The fourth-order valence-electron chi connectivity index (χ4n) is 2.00.